The van der Waals surface area contributed by atoms with E-state index in [9.17, 15) is 13.6 Å². The van der Waals surface area contributed by atoms with Crippen molar-refractivity contribution in [1.82, 2.24) is 0 Å². The van der Waals surface area contributed by atoms with Crippen LogP contribution in [0.15, 0.2) is 34.8 Å². The summed E-state index contributed by atoms with van der Waals surface area (Å²) in [5.74, 6) is -2.35. The minimum absolute atomic E-state index is 0.0727. The second kappa shape index (κ2) is 5.21. The van der Waals surface area contributed by atoms with Crippen LogP contribution in [0.5, 0.6) is 0 Å². The van der Waals surface area contributed by atoms with Gasteiger partial charge in [-0.3, -0.25) is 4.79 Å². The monoisotopic (exact) mass is 324 g/mol. The fourth-order valence-corrected chi connectivity index (χ4v) is 2.36. The summed E-state index contributed by atoms with van der Waals surface area (Å²) in [6.45, 7) is 3.49. The van der Waals surface area contributed by atoms with Gasteiger partial charge in [-0.15, -0.1) is 0 Å². The van der Waals surface area contributed by atoms with Crippen LogP contribution in [0.4, 0.5) is 8.78 Å². The first kappa shape index (κ1) is 13.9. The zero-order valence-corrected chi connectivity index (χ0v) is 12.0. The SMILES string of the molecule is Cc1cccc(C)c1C(=O)c1c(F)ccc(Br)c1F. The molecule has 0 radical (unpaired) electrons. The van der Waals surface area contributed by atoms with E-state index in [1.54, 1.807) is 32.0 Å². The van der Waals surface area contributed by atoms with Crippen molar-refractivity contribution < 1.29 is 13.6 Å². The minimum Gasteiger partial charge on any atom is -0.288 e. The van der Waals surface area contributed by atoms with Crippen LogP contribution in [0.1, 0.15) is 27.0 Å². The van der Waals surface area contributed by atoms with Crippen molar-refractivity contribution in [1.29, 1.82) is 0 Å². The highest BCUT2D eigenvalue weighted by atomic mass is 79.9. The van der Waals surface area contributed by atoms with E-state index in [0.29, 0.717) is 16.7 Å². The Kier molecular flexibility index (Phi) is 3.80. The Morgan fingerprint density at radius 2 is 1.58 bits per heavy atom. The van der Waals surface area contributed by atoms with Crippen LogP contribution < -0.4 is 0 Å². The van der Waals surface area contributed by atoms with Gasteiger partial charge in [-0.05, 0) is 53.0 Å². The summed E-state index contributed by atoms with van der Waals surface area (Å²) in [6.07, 6.45) is 0. The van der Waals surface area contributed by atoms with Crippen LogP contribution in [0.25, 0.3) is 0 Å². The molecule has 0 N–H and O–H groups in total. The third kappa shape index (κ3) is 2.45. The summed E-state index contributed by atoms with van der Waals surface area (Å²) in [7, 11) is 0. The first-order chi connectivity index (χ1) is 8.93. The quantitative estimate of drug-likeness (QED) is 0.584. The number of carbonyl (C=O) groups is 1. The van der Waals surface area contributed by atoms with E-state index in [4.69, 9.17) is 0 Å². The summed E-state index contributed by atoms with van der Waals surface area (Å²) in [6, 6.07) is 7.61. The van der Waals surface area contributed by atoms with Crippen molar-refractivity contribution in [3.63, 3.8) is 0 Å². The van der Waals surface area contributed by atoms with Gasteiger partial charge in [0.05, 0.1) is 10.0 Å². The Hall–Kier alpha value is -1.55. The Morgan fingerprint density at radius 1 is 1.00 bits per heavy atom. The number of benzene rings is 2. The van der Waals surface area contributed by atoms with Crippen LogP contribution in [0, 0.1) is 25.5 Å². The van der Waals surface area contributed by atoms with Gasteiger partial charge in [0.1, 0.15) is 5.82 Å². The standard InChI is InChI=1S/C15H11BrF2O/c1-8-4-3-5-9(2)12(8)15(19)13-11(17)7-6-10(16)14(13)18/h3-7H,1-2H3. The second-order valence-corrected chi connectivity index (χ2v) is 5.17. The van der Waals surface area contributed by atoms with Crippen LogP contribution >= 0.6 is 15.9 Å². The molecule has 4 heteroatoms. The maximum atomic E-state index is 14.0. The maximum Gasteiger partial charge on any atom is 0.199 e. The lowest BCUT2D eigenvalue weighted by Gasteiger charge is -2.10. The predicted octanol–water partition coefficient (Wildman–Crippen LogP) is 4.58. The predicted molar refractivity (Wildman–Crippen MR) is 73.4 cm³/mol. The first-order valence-electron chi connectivity index (χ1n) is 5.68. The van der Waals surface area contributed by atoms with Crippen LogP contribution in [-0.4, -0.2) is 5.78 Å². The summed E-state index contributed by atoms with van der Waals surface area (Å²) in [4.78, 5) is 12.4. The van der Waals surface area contributed by atoms with Crippen molar-refractivity contribution in [3.05, 3.63) is 68.7 Å². The highest BCUT2D eigenvalue weighted by molar-refractivity contribution is 9.10. The molecule has 0 bridgehead atoms. The van der Waals surface area contributed by atoms with Crippen molar-refractivity contribution in [2.45, 2.75) is 13.8 Å². The lowest BCUT2D eigenvalue weighted by Crippen LogP contribution is -2.11. The number of carbonyl (C=O) groups excluding carboxylic acids is 1. The summed E-state index contributed by atoms with van der Waals surface area (Å²) >= 11 is 2.96. The number of hydrogen-bond acceptors (Lipinski definition) is 1. The summed E-state index contributed by atoms with van der Waals surface area (Å²) < 4.78 is 27.8. The molecule has 0 saturated carbocycles. The molecule has 0 fully saturated rings. The van der Waals surface area contributed by atoms with Crippen LogP contribution in [0.3, 0.4) is 0 Å². The number of aryl methyl sites for hydroxylation is 2. The van der Waals surface area contributed by atoms with Crippen LogP contribution in [-0.2, 0) is 0 Å². The molecule has 0 atom stereocenters. The largest absolute Gasteiger partial charge is 0.288 e. The van der Waals surface area contributed by atoms with Crippen molar-refractivity contribution in [3.8, 4) is 0 Å². The van der Waals surface area contributed by atoms with E-state index < -0.39 is 23.0 Å². The zero-order chi connectivity index (χ0) is 14.2. The van der Waals surface area contributed by atoms with Gasteiger partial charge in [0.15, 0.2) is 11.6 Å². The van der Waals surface area contributed by atoms with E-state index in [0.717, 1.165) is 6.07 Å². The second-order valence-electron chi connectivity index (χ2n) is 4.31. The number of halogens is 3. The molecule has 2 aromatic rings. The third-order valence-electron chi connectivity index (χ3n) is 2.98. The fraction of sp³-hybridized carbons (Fsp3) is 0.133. The van der Waals surface area contributed by atoms with Gasteiger partial charge >= 0.3 is 0 Å². The Morgan fingerprint density at radius 3 is 2.16 bits per heavy atom. The average molecular weight is 325 g/mol. The molecule has 0 aliphatic rings. The number of ketones is 1. The molecule has 2 aromatic carbocycles. The van der Waals surface area contributed by atoms with E-state index in [1.165, 1.54) is 6.07 Å². The molecule has 0 aliphatic heterocycles. The molecular formula is C15H11BrF2O. The Balaban J connectivity index is 2.67. The highest BCUT2D eigenvalue weighted by Crippen LogP contribution is 2.26. The normalized spacial score (nSPS) is 10.6. The van der Waals surface area contributed by atoms with E-state index in [-0.39, 0.29) is 4.47 Å². The fourth-order valence-electron chi connectivity index (χ4n) is 2.03. The van der Waals surface area contributed by atoms with Gasteiger partial charge in [-0.2, -0.15) is 0 Å². The van der Waals surface area contributed by atoms with Crippen LogP contribution in [0.2, 0.25) is 0 Å². The van der Waals surface area contributed by atoms with Crippen molar-refractivity contribution in [2.24, 2.45) is 0 Å². The Labute approximate surface area is 118 Å². The number of hydrogen-bond donors (Lipinski definition) is 0. The molecule has 0 unspecified atom stereocenters. The lowest BCUT2D eigenvalue weighted by atomic mass is 9.94. The van der Waals surface area contributed by atoms with Crippen molar-refractivity contribution >= 4 is 21.7 Å². The summed E-state index contributed by atoms with van der Waals surface area (Å²) in [5, 5.41) is 0. The first-order valence-corrected chi connectivity index (χ1v) is 6.47. The molecule has 0 saturated heterocycles. The van der Waals surface area contributed by atoms with Gasteiger partial charge in [0, 0.05) is 5.56 Å². The maximum absolute atomic E-state index is 14.0. The van der Waals surface area contributed by atoms with E-state index in [1.807, 2.05) is 0 Å². The van der Waals surface area contributed by atoms with Gasteiger partial charge in [-0.1, -0.05) is 18.2 Å². The molecule has 0 aliphatic carbocycles. The molecule has 0 heterocycles. The molecular weight excluding hydrogens is 314 g/mol. The van der Waals surface area contributed by atoms with E-state index >= 15 is 0 Å². The molecule has 19 heavy (non-hydrogen) atoms. The molecule has 0 spiro atoms. The molecule has 0 amide bonds. The van der Waals surface area contributed by atoms with Crippen molar-refractivity contribution in [2.75, 3.05) is 0 Å². The third-order valence-corrected chi connectivity index (χ3v) is 3.59. The average Bonchev–Trinajstić information content (AvgIpc) is 2.34. The highest BCUT2D eigenvalue weighted by Gasteiger charge is 2.23. The minimum atomic E-state index is -0.868. The van der Waals surface area contributed by atoms with Gasteiger partial charge < -0.3 is 0 Å². The van der Waals surface area contributed by atoms with Gasteiger partial charge in [0.2, 0.25) is 0 Å². The smallest absolute Gasteiger partial charge is 0.199 e. The topological polar surface area (TPSA) is 17.1 Å². The zero-order valence-electron chi connectivity index (χ0n) is 10.4. The Bertz CT molecular complexity index is 645. The molecule has 1 nitrogen and oxygen atoms in total. The molecule has 2 rings (SSSR count). The summed E-state index contributed by atoms with van der Waals surface area (Å²) in [5.41, 5.74) is 1.22. The molecule has 98 valence electrons. The lowest BCUT2D eigenvalue weighted by molar-refractivity contribution is 0.103. The van der Waals surface area contributed by atoms with Gasteiger partial charge in [-0.25, -0.2) is 8.78 Å². The number of rotatable bonds is 2. The molecule has 0 aromatic heterocycles. The van der Waals surface area contributed by atoms with E-state index in [2.05, 4.69) is 15.9 Å². The van der Waals surface area contributed by atoms with Gasteiger partial charge in [0.25, 0.3) is 0 Å².